The molecule has 2 rings (SSSR count). The molecule has 3 heteroatoms. The minimum Gasteiger partial charge on any atom is -0.287 e. The Labute approximate surface area is 101 Å². The molecular formula is C14H14N2O. The van der Waals surface area contributed by atoms with Gasteiger partial charge >= 0.3 is 0 Å². The highest BCUT2D eigenvalue weighted by Gasteiger charge is 2.10. The molecule has 1 aromatic rings. The van der Waals surface area contributed by atoms with Crippen molar-refractivity contribution in [2.45, 2.75) is 12.8 Å². The number of rotatable bonds is 2. The third kappa shape index (κ3) is 2.96. The maximum Gasteiger partial charge on any atom is 0.168 e. The summed E-state index contributed by atoms with van der Waals surface area (Å²) in [5, 5.41) is 10.6. The summed E-state index contributed by atoms with van der Waals surface area (Å²) in [6.45, 7) is 0. The van der Waals surface area contributed by atoms with E-state index in [1.165, 1.54) is 0 Å². The van der Waals surface area contributed by atoms with Gasteiger partial charge in [0.05, 0.1) is 11.3 Å². The van der Waals surface area contributed by atoms with Gasteiger partial charge in [0.25, 0.3) is 0 Å². The fourth-order valence-corrected chi connectivity index (χ4v) is 1.58. The molecule has 0 heterocycles. The van der Waals surface area contributed by atoms with Crippen molar-refractivity contribution in [1.82, 2.24) is 5.06 Å². The van der Waals surface area contributed by atoms with Crippen molar-refractivity contribution in [3.05, 3.63) is 42.0 Å². The second-order valence-corrected chi connectivity index (χ2v) is 3.75. The highest BCUT2D eigenvalue weighted by molar-refractivity contribution is 6.02. The number of benzene rings is 1. The van der Waals surface area contributed by atoms with E-state index in [9.17, 15) is 5.21 Å². The third-order valence-electron chi connectivity index (χ3n) is 2.38. The van der Waals surface area contributed by atoms with E-state index in [-0.39, 0.29) is 0 Å². The number of likely N-dealkylation sites (N-methyl/N-ethyl adjacent to an activating group) is 1. The van der Waals surface area contributed by atoms with Gasteiger partial charge in [-0.3, -0.25) is 5.21 Å². The SMILES string of the molecule is CN(O)C(=Nc1ccccc1)C1=CCCC#C1. The molecule has 0 atom stereocenters. The lowest BCUT2D eigenvalue weighted by molar-refractivity contribution is 0.0144. The predicted octanol–water partition coefficient (Wildman–Crippen LogP) is 2.76. The van der Waals surface area contributed by atoms with Crippen molar-refractivity contribution >= 4 is 11.5 Å². The zero-order valence-corrected chi connectivity index (χ0v) is 9.72. The summed E-state index contributed by atoms with van der Waals surface area (Å²) in [6.07, 6.45) is 3.78. The van der Waals surface area contributed by atoms with Crippen LogP contribution in [0, 0.1) is 11.8 Å². The van der Waals surface area contributed by atoms with Crippen LogP contribution in [0.15, 0.2) is 47.0 Å². The minimum atomic E-state index is 0.489. The van der Waals surface area contributed by atoms with Gasteiger partial charge in [0.1, 0.15) is 0 Å². The van der Waals surface area contributed by atoms with Crippen LogP contribution in [-0.2, 0) is 0 Å². The molecule has 0 spiro atoms. The zero-order chi connectivity index (χ0) is 12.1. The topological polar surface area (TPSA) is 35.8 Å². The van der Waals surface area contributed by atoms with Gasteiger partial charge in [0, 0.05) is 13.5 Å². The number of hydrogen-bond donors (Lipinski definition) is 1. The van der Waals surface area contributed by atoms with Crippen LogP contribution >= 0.6 is 0 Å². The number of hydrogen-bond acceptors (Lipinski definition) is 2. The maximum absolute atomic E-state index is 9.62. The van der Waals surface area contributed by atoms with Crippen molar-refractivity contribution in [3.8, 4) is 11.8 Å². The number of para-hydroxylation sites is 1. The first-order valence-electron chi connectivity index (χ1n) is 5.53. The first-order valence-corrected chi connectivity index (χ1v) is 5.53. The third-order valence-corrected chi connectivity index (χ3v) is 2.38. The second-order valence-electron chi connectivity index (χ2n) is 3.75. The highest BCUT2D eigenvalue weighted by Crippen LogP contribution is 2.15. The quantitative estimate of drug-likeness (QED) is 0.364. The molecule has 1 aromatic carbocycles. The summed E-state index contributed by atoms with van der Waals surface area (Å²) in [5.74, 6) is 6.51. The Morgan fingerprint density at radius 3 is 2.71 bits per heavy atom. The molecule has 1 aliphatic rings. The van der Waals surface area contributed by atoms with E-state index < -0.39 is 0 Å². The molecule has 3 nitrogen and oxygen atoms in total. The van der Waals surface area contributed by atoms with Crippen LogP contribution in [0.3, 0.4) is 0 Å². The van der Waals surface area contributed by atoms with Gasteiger partial charge in [-0.05, 0) is 18.6 Å². The Balaban J connectivity index is 2.35. The second kappa shape index (κ2) is 5.33. The molecule has 17 heavy (non-hydrogen) atoms. The molecule has 1 N–H and O–H groups in total. The first kappa shape index (κ1) is 11.4. The summed E-state index contributed by atoms with van der Waals surface area (Å²) in [7, 11) is 1.55. The Bertz CT molecular complexity index is 504. The molecule has 0 amide bonds. The van der Waals surface area contributed by atoms with E-state index in [0.29, 0.717) is 5.84 Å². The van der Waals surface area contributed by atoms with Gasteiger partial charge in [0.2, 0.25) is 0 Å². The van der Waals surface area contributed by atoms with Crippen LogP contribution in [0.2, 0.25) is 0 Å². The summed E-state index contributed by atoms with van der Waals surface area (Å²) in [4.78, 5) is 4.40. The average molecular weight is 226 g/mol. The summed E-state index contributed by atoms with van der Waals surface area (Å²) < 4.78 is 0. The molecule has 0 aliphatic heterocycles. The Kier molecular flexibility index (Phi) is 3.59. The van der Waals surface area contributed by atoms with Gasteiger partial charge in [-0.1, -0.05) is 36.1 Å². The lowest BCUT2D eigenvalue weighted by atomic mass is 10.1. The molecule has 86 valence electrons. The van der Waals surface area contributed by atoms with E-state index in [1.807, 2.05) is 36.4 Å². The van der Waals surface area contributed by atoms with Crippen molar-refractivity contribution in [2.75, 3.05) is 7.05 Å². The maximum atomic E-state index is 9.62. The molecule has 0 fully saturated rings. The standard InChI is InChI=1S/C14H14N2O/c1-16(17)14(12-8-4-2-5-9-12)15-13-10-6-3-7-11-13/h3,6-8,10-11,17H,2,4H2,1H3. The smallest absolute Gasteiger partial charge is 0.168 e. The van der Waals surface area contributed by atoms with E-state index in [2.05, 4.69) is 16.8 Å². The number of aliphatic imine (C=N–C) groups is 1. The highest BCUT2D eigenvalue weighted by atomic mass is 16.5. The van der Waals surface area contributed by atoms with Gasteiger partial charge in [-0.15, -0.1) is 0 Å². The predicted molar refractivity (Wildman–Crippen MR) is 68.2 cm³/mol. The summed E-state index contributed by atoms with van der Waals surface area (Å²) in [6, 6.07) is 9.53. The molecule has 1 aliphatic carbocycles. The van der Waals surface area contributed by atoms with Crippen LogP contribution < -0.4 is 0 Å². The van der Waals surface area contributed by atoms with Crippen molar-refractivity contribution in [1.29, 1.82) is 0 Å². The van der Waals surface area contributed by atoms with Gasteiger partial charge in [-0.2, -0.15) is 0 Å². The molecule has 0 saturated heterocycles. The van der Waals surface area contributed by atoms with Crippen molar-refractivity contribution < 1.29 is 5.21 Å². The summed E-state index contributed by atoms with van der Waals surface area (Å²) >= 11 is 0. The first-order chi connectivity index (χ1) is 8.27. The van der Waals surface area contributed by atoms with Crippen LogP contribution in [0.4, 0.5) is 5.69 Å². The lowest BCUT2D eigenvalue weighted by Gasteiger charge is -2.14. The van der Waals surface area contributed by atoms with Crippen molar-refractivity contribution in [2.24, 2.45) is 4.99 Å². The zero-order valence-electron chi connectivity index (χ0n) is 9.72. The molecule has 0 aromatic heterocycles. The number of hydroxylamine groups is 2. The normalized spacial score (nSPS) is 14.7. The Morgan fingerprint density at radius 2 is 2.12 bits per heavy atom. The molecular weight excluding hydrogens is 212 g/mol. The van der Waals surface area contributed by atoms with Crippen LogP contribution in [-0.4, -0.2) is 23.2 Å². The molecule has 0 radical (unpaired) electrons. The Hall–Kier alpha value is -2.05. The molecule has 0 bridgehead atoms. The molecule has 0 saturated carbocycles. The summed E-state index contributed by atoms with van der Waals surface area (Å²) in [5.41, 5.74) is 1.58. The van der Waals surface area contributed by atoms with E-state index in [0.717, 1.165) is 29.2 Å². The number of amidine groups is 1. The fourth-order valence-electron chi connectivity index (χ4n) is 1.58. The fraction of sp³-hybridized carbons (Fsp3) is 0.214. The van der Waals surface area contributed by atoms with Crippen LogP contribution in [0.1, 0.15) is 12.8 Å². The minimum absolute atomic E-state index is 0.489. The average Bonchev–Trinajstić information content (AvgIpc) is 2.38. The number of nitrogens with zero attached hydrogens (tertiary/aromatic N) is 2. The lowest BCUT2D eigenvalue weighted by Crippen LogP contribution is -2.24. The number of allylic oxidation sites excluding steroid dienone is 1. The van der Waals surface area contributed by atoms with Crippen LogP contribution in [0.25, 0.3) is 0 Å². The van der Waals surface area contributed by atoms with Crippen LogP contribution in [0.5, 0.6) is 0 Å². The molecule has 0 unspecified atom stereocenters. The van der Waals surface area contributed by atoms with E-state index in [4.69, 9.17) is 0 Å². The largest absolute Gasteiger partial charge is 0.287 e. The van der Waals surface area contributed by atoms with Gasteiger partial charge in [0.15, 0.2) is 5.84 Å². The van der Waals surface area contributed by atoms with E-state index in [1.54, 1.807) is 7.05 Å². The van der Waals surface area contributed by atoms with Gasteiger partial charge in [-0.25, -0.2) is 10.1 Å². The van der Waals surface area contributed by atoms with Crippen molar-refractivity contribution in [3.63, 3.8) is 0 Å². The monoisotopic (exact) mass is 226 g/mol. The van der Waals surface area contributed by atoms with E-state index >= 15 is 0 Å². The Morgan fingerprint density at radius 1 is 1.35 bits per heavy atom. The van der Waals surface area contributed by atoms with Gasteiger partial charge < -0.3 is 0 Å².